The first-order valence-electron chi connectivity index (χ1n) is 11.1. The summed E-state index contributed by atoms with van der Waals surface area (Å²) in [6.07, 6.45) is 0.385. The Morgan fingerprint density at radius 3 is 2.49 bits per heavy atom. The zero-order chi connectivity index (χ0) is 25.7. The van der Waals surface area contributed by atoms with Crippen molar-refractivity contribution in [1.29, 1.82) is 0 Å². The SMILES string of the molecule is Bc1cc2c(cc1C(B)N(B)C(=O)C(F)(F)c1ccc(Cl)cc1)CN(C1CCC(=O)NC1=O)C2=O. The van der Waals surface area contributed by atoms with E-state index >= 15 is 0 Å². The molecule has 0 saturated carbocycles. The molecule has 0 aromatic heterocycles. The second kappa shape index (κ2) is 9.15. The van der Waals surface area contributed by atoms with Gasteiger partial charge in [-0.2, -0.15) is 8.78 Å². The van der Waals surface area contributed by atoms with E-state index in [4.69, 9.17) is 11.6 Å². The summed E-state index contributed by atoms with van der Waals surface area (Å²) in [5, 5.41) is 2.54. The number of amides is 4. The molecule has 2 aliphatic heterocycles. The molecular formula is C22H21B3ClF2N3O4. The first-order valence-corrected chi connectivity index (χ1v) is 11.5. The summed E-state index contributed by atoms with van der Waals surface area (Å²) in [7, 11) is 4.69. The van der Waals surface area contributed by atoms with Gasteiger partial charge in [-0.25, -0.2) is 0 Å². The van der Waals surface area contributed by atoms with Crippen LogP contribution in [-0.4, -0.2) is 63.1 Å². The van der Waals surface area contributed by atoms with E-state index in [0.29, 0.717) is 22.2 Å². The molecule has 2 unspecified atom stereocenters. The Balaban J connectivity index is 1.57. The number of carbonyl (C=O) groups is 4. The maximum atomic E-state index is 15.0. The number of fused-ring (bicyclic) bond motifs is 1. The second-order valence-electron chi connectivity index (χ2n) is 8.94. The standard InChI is InChI=1S/C22H21B3ClF2N3O4/c23-15-8-13-10(9-30(20(13)34)16-5-6-17(32)29-19(16)33)7-14(15)18(24)31(25)21(35)22(27,28)11-1-3-12(26)4-2-11/h1-4,7-8,16,18H,5-6,9,23-25H2,(H,29,32,33). The van der Waals surface area contributed by atoms with E-state index in [1.165, 1.54) is 25.0 Å². The molecule has 0 aliphatic carbocycles. The number of halogens is 3. The molecule has 35 heavy (non-hydrogen) atoms. The molecule has 0 bridgehead atoms. The Labute approximate surface area is 208 Å². The summed E-state index contributed by atoms with van der Waals surface area (Å²) in [5.41, 5.74) is 1.87. The molecule has 13 heteroatoms. The Morgan fingerprint density at radius 1 is 1.20 bits per heavy atom. The van der Waals surface area contributed by atoms with Crippen molar-refractivity contribution in [3.05, 3.63) is 63.7 Å². The molecule has 2 heterocycles. The molecule has 7 nitrogen and oxygen atoms in total. The molecule has 2 aliphatic rings. The molecule has 1 N–H and O–H groups in total. The zero-order valence-corrected chi connectivity index (χ0v) is 20.2. The van der Waals surface area contributed by atoms with Gasteiger partial charge in [0.15, 0.2) is 0 Å². The average Bonchev–Trinajstić information content (AvgIpc) is 3.12. The first-order chi connectivity index (χ1) is 16.4. The smallest absolute Gasteiger partial charge is 0.348 e. The minimum Gasteiger partial charge on any atom is -0.389 e. The maximum absolute atomic E-state index is 15.0. The topological polar surface area (TPSA) is 86.8 Å². The van der Waals surface area contributed by atoms with Gasteiger partial charge in [0.05, 0.1) is 0 Å². The van der Waals surface area contributed by atoms with E-state index in [0.717, 1.165) is 16.9 Å². The van der Waals surface area contributed by atoms with Gasteiger partial charge >= 0.3 is 5.92 Å². The zero-order valence-electron chi connectivity index (χ0n) is 19.4. The minimum absolute atomic E-state index is 0.145. The van der Waals surface area contributed by atoms with Crippen molar-refractivity contribution in [1.82, 2.24) is 15.0 Å². The lowest BCUT2D eigenvalue weighted by atomic mass is 9.76. The van der Waals surface area contributed by atoms with E-state index in [1.807, 2.05) is 0 Å². The van der Waals surface area contributed by atoms with Crippen LogP contribution in [0.25, 0.3) is 0 Å². The highest BCUT2D eigenvalue weighted by molar-refractivity contribution is 6.35. The van der Waals surface area contributed by atoms with Crippen LogP contribution in [0.1, 0.15) is 45.8 Å². The quantitative estimate of drug-likeness (QED) is 0.432. The number of benzene rings is 2. The number of piperidine rings is 1. The highest BCUT2D eigenvalue weighted by Crippen LogP contribution is 2.34. The molecule has 4 rings (SSSR count). The number of imide groups is 1. The van der Waals surface area contributed by atoms with Crippen LogP contribution in [-0.2, 0) is 26.9 Å². The summed E-state index contributed by atoms with van der Waals surface area (Å²) in [4.78, 5) is 51.9. The summed E-state index contributed by atoms with van der Waals surface area (Å²) < 4.78 is 29.9. The number of nitrogens with one attached hydrogen (secondary N) is 1. The highest BCUT2D eigenvalue weighted by Gasteiger charge is 2.44. The van der Waals surface area contributed by atoms with Crippen LogP contribution in [0.2, 0.25) is 5.02 Å². The molecule has 0 spiro atoms. The third-order valence-corrected chi connectivity index (χ3v) is 6.99. The Morgan fingerprint density at radius 2 is 1.86 bits per heavy atom. The summed E-state index contributed by atoms with van der Waals surface area (Å²) >= 11 is 5.78. The lowest BCUT2D eigenvalue weighted by molar-refractivity contribution is -0.154. The van der Waals surface area contributed by atoms with Gasteiger partial charge < -0.3 is 9.71 Å². The van der Waals surface area contributed by atoms with E-state index in [9.17, 15) is 28.0 Å². The third-order valence-electron chi connectivity index (χ3n) is 6.74. The number of hydrogen-bond donors (Lipinski definition) is 1. The number of carbonyl (C=O) groups excluding carboxylic acids is 4. The van der Waals surface area contributed by atoms with Crippen LogP contribution in [0.3, 0.4) is 0 Å². The summed E-state index contributed by atoms with van der Waals surface area (Å²) in [5.74, 6) is -7.04. The van der Waals surface area contributed by atoms with Gasteiger partial charge in [0.1, 0.15) is 21.7 Å². The number of nitrogens with zero attached hydrogens (tertiary/aromatic N) is 2. The molecule has 0 radical (unpaired) electrons. The predicted molar refractivity (Wildman–Crippen MR) is 133 cm³/mol. The van der Waals surface area contributed by atoms with Gasteiger partial charge in [0.25, 0.3) is 11.8 Å². The highest BCUT2D eigenvalue weighted by atomic mass is 35.5. The van der Waals surface area contributed by atoms with E-state index in [1.54, 1.807) is 27.8 Å². The van der Waals surface area contributed by atoms with Crippen molar-refractivity contribution in [3.8, 4) is 0 Å². The summed E-state index contributed by atoms with van der Waals surface area (Å²) in [6.45, 7) is 0.152. The lowest BCUT2D eigenvalue weighted by Crippen LogP contribution is -2.52. The average molecular weight is 497 g/mol. The van der Waals surface area contributed by atoms with Crippen molar-refractivity contribution in [2.45, 2.75) is 37.3 Å². The van der Waals surface area contributed by atoms with Gasteiger partial charge in [0.2, 0.25) is 19.8 Å². The molecule has 1 fully saturated rings. The van der Waals surface area contributed by atoms with Gasteiger partial charge in [-0.15, -0.1) is 0 Å². The van der Waals surface area contributed by atoms with Crippen molar-refractivity contribution >= 4 is 64.4 Å². The molecule has 2 aromatic rings. The minimum atomic E-state index is -3.75. The van der Waals surface area contributed by atoms with Gasteiger partial charge in [-0.05, 0) is 29.7 Å². The maximum Gasteiger partial charge on any atom is 0.348 e. The van der Waals surface area contributed by atoms with Crippen LogP contribution < -0.4 is 10.8 Å². The Kier molecular flexibility index (Phi) is 6.53. The largest absolute Gasteiger partial charge is 0.389 e. The second-order valence-corrected chi connectivity index (χ2v) is 9.38. The molecule has 2 aromatic carbocycles. The lowest BCUT2D eigenvalue weighted by Gasteiger charge is -2.31. The van der Waals surface area contributed by atoms with E-state index in [2.05, 4.69) is 5.32 Å². The van der Waals surface area contributed by atoms with Crippen LogP contribution in [0, 0.1) is 0 Å². The fourth-order valence-electron chi connectivity index (χ4n) is 4.58. The van der Waals surface area contributed by atoms with Crippen LogP contribution >= 0.6 is 11.6 Å². The third kappa shape index (κ3) is 4.47. The van der Waals surface area contributed by atoms with Crippen molar-refractivity contribution < 1.29 is 28.0 Å². The fraction of sp³-hybridized carbons (Fsp3) is 0.273. The molecule has 4 amide bonds. The van der Waals surface area contributed by atoms with Gasteiger partial charge in [0, 0.05) is 35.1 Å². The Bertz CT molecular complexity index is 1250. The predicted octanol–water partition coefficient (Wildman–Crippen LogP) is -0.840. The van der Waals surface area contributed by atoms with Crippen LogP contribution in [0.5, 0.6) is 0 Å². The molecule has 2 atom stereocenters. The van der Waals surface area contributed by atoms with Gasteiger partial charge in [-0.1, -0.05) is 41.3 Å². The van der Waals surface area contributed by atoms with E-state index < -0.39 is 35.3 Å². The van der Waals surface area contributed by atoms with Gasteiger partial charge in [-0.3, -0.25) is 24.5 Å². The van der Waals surface area contributed by atoms with Crippen LogP contribution in [0.15, 0.2) is 36.4 Å². The molecule has 178 valence electrons. The van der Waals surface area contributed by atoms with E-state index in [-0.39, 0.29) is 36.2 Å². The van der Waals surface area contributed by atoms with Crippen molar-refractivity contribution in [2.75, 3.05) is 0 Å². The number of alkyl halides is 2. The first kappa shape index (κ1) is 25.0. The van der Waals surface area contributed by atoms with Crippen LogP contribution in [0.4, 0.5) is 8.78 Å². The van der Waals surface area contributed by atoms with Crippen molar-refractivity contribution in [3.63, 3.8) is 0 Å². The summed E-state index contributed by atoms with van der Waals surface area (Å²) in [6, 6.07) is 7.47. The molecule has 1 saturated heterocycles. The number of rotatable bonds is 5. The monoisotopic (exact) mass is 497 g/mol. The fourth-order valence-corrected chi connectivity index (χ4v) is 4.71. The number of hydrogen-bond acceptors (Lipinski definition) is 4. The molecular weight excluding hydrogens is 476 g/mol. The Hall–Kier alpha value is -3.14. The normalized spacial score (nSPS) is 18.8. The van der Waals surface area contributed by atoms with Crippen molar-refractivity contribution in [2.24, 2.45) is 0 Å².